The molecular formula is C12H13N5OS. The van der Waals surface area contributed by atoms with Gasteiger partial charge in [0.15, 0.2) is 0 Å². The van der Waals surface area contributed by atoms with Gasteiger partial charge in [0.2, 0.25) is 5.95 Å². The fraction of sp³-hybridized carbons (Fsp3) is 0.250. The Hall–Kier alpha value is -2.15. The van der Waals surface area contributed by atoms with Gasteiger partial charge in [-0.05, 0) is 17.9 Å². The van der Waals surface area contributed by atoms with Gasteiger partial charge in [-0.25, -0.2) is 4.98 Å². The number of hydrogen-bond acceptors (Lipinski definition) is 5. The van der Waals surface area contributed by atoms with Crippen molar-refractivity contribution in [2.24, 2.45) is 0 Å². The molecule has 7 heteroatoms. The predicted molar refractivity (Wildman–Crippen MR) is 74.6 cm³/mol. The average Bonchev–Trinajstić information content (AvgIpc) is 3.05. The molecule has 19 heavy (non-hydrogen) atoms. The highest BCUT2D eigenvalue weighted by atomic mass is 32.1. The smallest absolute Gasteiger partial charge is 0.274 e. The van der Waals surface area contributed by atoms with Crippen LogP contribution in [0.25, 0.3) is 5.78 Å². The molecule has 0 unspecified atom stereocenters. The molecular weight excluding hydrogens is 262 g/mol. The Labute approximate surface area is 113 Å². The number of nitrogens with zero attached hydrogens (tertiary/aromatic N) is 3. The van der Waals surface area contributed by atoms with E-state index in [4.69, 9.17) is 0 Å². The highest BCUT2D eigenvalue weighted by Gasteiger charge is 2.07. The zero-order valence-electron chi connectivity index (χ0n) is 10.4. The maximum absolute atomic E-state index is 11.8. The lowest BCUT2D eigenvalue weighted by Gasteiger charge is -1.98. The zero-order chi connectivity index (χ0) is 13.2. The van der Waals surface area contributed by atoms with Gasteiger partial charge < -0.3 is 5.32 Å². The molecule has 0 aliphatic heterocycles. The lowest BCUT2D eigenvalue weighted by atomic mass is 10.3. The summed E-state index contributed by atoms with van der Waals surface area (Å²) in [7, 11) is 0. The molecule has 2 N–H and O–H groups in total. The Morgan fingerprint density at radius 3 is 3.11 bits per heavy atom. The molecule has 0 amide bonds. The SMILES string of the molecule is CCc1cc(=O)n2[nH]c(NCc3cccs3)nc2n1. The third kappa shape index (κ3) is 2.37. The molecule has 0 fully saturated rings. The molecule has 0 radical (unpaired) electrons. The first-order chi connectivity index (χ1) is 9.26. The van der Waals surface area contributed by atoms with Crippen LogP contribution >= 0.6 is 11.3 Å². The Bertz CT molecular complexity index is 743. The Morgan fingerprint density at radius 1 is 1.47 bits per heavy atom. The summed E-state index contributed by atoms with van der Waals surface area (Å²) in [5, 5.41) is 8.07. The summed E-state index contributed by atoms with van der Waals surface area (Å²) in [6, 6.07) is 5.56. The minimum Gasteiger partial charge on any atom is -0.350 e. The van der Waals surface area contributed by atoms with Crippen molar-refractivity contribution >= 4 is 23.1 Å². The second-order valence-electron chi connectivity index (χ2n) is 4.08. The maximum Gasteiger partial charge on any atom is 0.274 e. The van der Waals surface area contributed by atoms with Crippen molar-refractivity contribution < 1.29 is 0 Å². The van der Waals surface area contributed by atoms with E-state index in [-0.39, 0.29) is 5.56 Å². The van der Waals surface area contributed by atoms with Crippen LogP contribution in [0.2, 0.25) is 0 Å². The minimum absolute atomic E-state index is 0.140. The van der Waals surface area contributed by atoms with E-state index in [1.54, 1.807) is 11.3 Å². The quantitative estimate of drug-likeness (QED) is 0.759. The Balaban J connectivity index is 1.89. The van der Waals surface area contributed by atoms with E-state index in [0.717, 1.165) is 12.1 Å². The number of hydrogen-bond donors (Lipinski definition) is 2. The monoisotopic (exact) mass is 275 g/mol. The Kier molecular flexibility index (Phi) is 3.04. The standard InChI is InChI=1S/C12H13N5OS/c1-2-8-6-10(18)17-12(14-8)15-11(16-17)13-7-9-4-3-5-19-9/h3-6H,2,7H2,1H3,(H2,13,14,15,16). The molecule has 0 bridgehead atoms. The highest BCUT2D eigenvalue weighted by molar-refractivity contribution is 7.09. The van der Waals surface area contributed by atoms with Gasteiger partial charge in [0.25, 0.3) is 11.3 Å². The minimum atomic E-state index is -0.140. The van der Waals surface area contributed by atoms with Gasteiger partial charge in [-0.1, -0.05) is 13.0 Å². The van der Waals surface area contributed by atoms with Crippen LogP contribution in [0.15, 0.2) is 28.4 Å². The van der Waals surface area contributed by atoms with Gasteiger partial charge in [0, 0.05) is 16.6 Å². The molecule has 98 valence electrons. The molecule has 0 aliphatic rings. The summed E-state index contributed by atoms with van der Waals surface area (Å²) >= 11 is 1.67. The van der Waals surface area contributed by atoms with Crippen LogP contribution < -0.4 is 10.9 Å². The van der Waals surface area contributed by atoms with Crippen molar-refractivity contribution in [2.75, 3.05) is 5.32 Å². The molecule has 3 aromatic heterocycles. The second-order valence-corrected chi connectivity index (χ2v) is 5.11. The van der Waals surface area contributed by atoms with E-state index in [2.05, 4.69) is 20.4 Å². The number of H-pyrrole nitrogens is 1. The molecule has 0 aromatic carbocycles. The number of aryl methyl sites for hydroxylation is 1. The number of rotatable bonds is 4. The van der Waals surface area contributed by atoms with Crippen LogP contribution in [0.3, 0.4) is 0 Å². The van der Waals surface area contributed by atoms with Gasteiger partial charge in [-0.3, -0.25) is 9.89 Å². The van der Waals surface area contributed by atoms with E-state index < -0.39 is 0 Å². The van der Waals surface area contributed by atoms with Crippen molar-refractivity contribution in [1.82, 2.24) is 19.6 Å². The van der Waals surface area contributed by atoms with Gasteiger partial charge in [-0.2, -0.15) is 9.50 Å². The summed E-state index contributed by atoms with van der Waals surface area (Å²) in [5.41, 5.74) is 0.611. The third-order valence-electron chi connectivity index (χ3n) is 2.76. The molecule has 0 saturated heterocycles. The topological polar surface area (TPSA) is 75.1 Å². The van der Waals surface area contributed by atoms with Crippen molar-refractivity contribution in [3.8, 4) is 0 Å². The highest BCUT2D eigenvalue weighted by Crippen LogP contribution is 2.10. The first kappa shape index (κ1) is 11.9. The van der Waals surface area contributed by atoms with Gasteiger partial charge in [0.05, 0.1) is 6.54 Å². The van der Waals surface area contributed by atoms with E-state index in [1.807, 2.05) is 24.4 Å². The van der Waals surface area contributed by atoms with Crippen LogP contribution in [0.1, 0.15) is 17.5 Å². The van der Waals surface area contributed by atoms with Crippen molar-refractivity contribution in [1.29, 1.82) is 0 Å². The summed E-state index contributed by atoms with van der Waals surface area (Å²) in [6.07, 6.45) is 0.719. The molecule has 0 saturated carbocycles. The molecule has 0 aliphatic carbocycles. The summed E-state index contributed by atoms with van der Waals surface area (Å²) in [5.74, 6) is 0.948. The number of aromatic amines is 1. The first-order valence-electron chi connectivity index (χ1n) is 6.01. The average molecular weight is 275 g/mol. The maximum atomic E-state index is 11.8. The molecule has 3 aromatic rings. The number of nitrogens with one attached hydrogen (secondary N) is 2. The Morgan fingerprint density at radius 2 is 2.37 bits per heavy atom. The lowest BCUT2D eigenvalue weighted by molar-refractivity contribution is 0.873. The fourth-order valence-corrected chi connectivity index (χ4v) is 2.42. The zero-order valence-corrected chi connectivity index (χ0v) is 11.2. The van der Waals surface area contributed by atoms with Crippen molar-refractivity contribution in [3.05, 3.63) is 44.5 Å². The lowest BCUT2D eigenvalue weighted by Crippen LogP contribution is -2.15. The fourth-order valence-electron chi connectivity index (χ4n) is 1.77. The third-order valence-corrected chi connectivity index (χ3v) is 3.63. The number of thiophene rings is 1. The summed E-state index contributed by atoms with van der Waals surface area (Å²) in [6.45, 7) is 2.63. The van der Waals surface area contributed by atoms with Crippen LogP contribution in [0.4, 0.5) is 5.95 Å². The van der Waals surface area contributed by atoms with Crippen LogP contribution in [-0.2, 0) is 13.0 Å². The number of fused-ring (bicyclic) bond motifs is 1. The number of aromatic nitrogens is 4. The number of anilines is 1. The van der Waals surface area contributed by atoms with Gasteiger partial charge in [0.1, 0.15) is 0 Å². The molecule has 3 rings (SSSR count). The molecule has 0 spiro atoms. The molecule has 0 atom stereocenters. The van der Waals surface area contributed by atoms with Crippen molar-refractivity contribution in [3.63, 3.8) is 0 Å². The van der Waals surface area contributed by atoms with Crippen molar-refractivity contribution in [2.45, 2.75) is 19.9 Å². The van der Waals surface area contributed by atoms with E-state index in [0.29, 0.717) is 18.3 Å². The first-order valence-corrected chi connectivity index (χ1v) is 6.89. The molecule has 6 nitrogen and oxygen atoms in total. The summed E-state index contributed by atoms with van der Waals surface area (Å²) in [4.78, 5) is 21.6. The van der Waals surface area contributed by atoms with Crippen LogP contribution in [0, 0.1) is 0 Å². The van der Waals surface area contributed by atoms with E-state index in [9.17, 15) is 4.79 Å². The van der Waals surface area contributed by atoms with E-state index >= 15 is 0 Å². The van der Waals surface area contributed by atoms with E-state index in [1.165, 1.54) is 15.5 Å². The largest absolute Gasteiger partial charge is 0.350 e. The molecule has 3 heterocycles. The van der Waals surface area contributed by atoms with Crippen LogP contribution in [0.5, 0.6) is 0 Å². The van der Waals surface area contributed by atoms with Crippen LogP contribution in [-0.4, -0.2) is 19.6 Å². The summed E-state index contributed by atoms with van der Waals surface area (Å²) < 4.78 is 1.34. The predicted octanol–water partition coefficient (Wildman–Crippen LogP) is 1.65. The second kappa shape index (κ2) is 4.85. The normalized spacial score (nSPS) is 11.0. The van der Waals surface area contributed by atoms with Gasteiger partial charge >= 0.3 is 0 Å². The van der Waals surface area contributed by atoms with Gasteiger partial charge in [-0.15, -0.1) is 11.3 Å².